The van der Waals surface area contributed by atoms with Crippen molar-refractivity contribution in [2.24, 2.45) is 0 Å². The molecule has 19 heavy (non-hydrogen) atoms. The minimum Gasteiger partial charge on any atom is -0.377 e. The van der Waals surface area contributed by atoms with E-state index in [2.05, 4.69) is 20.4 Å². The highest BCUT2D eigenvalue weighted by Gasteiger charge is 2.13. The van der Waals surface area contributed by atoms with Crippen LogP contribution in [0.15, 0.2) is 6.07 Å². The summed E-state index contributed by atoms with van der Waals surface area (Å²) in [6.07, 6.45) is 0. The number of ether oxygens (including phenoxy) is 1. The molecule has 0 radical (unpaired) electrons. The predicted molar refractivity (Wildman–Crippen MR) is 73.9 cm³/mol. The van der Waals surface area contributed by atoms with Crippen molar-refractivity contribution in [2.75, 3.05) is 19.5 Å². The summed E-state index contributed by atoms with van der Waals surface area (Å²) in [4.78, 5) is 8.73. The molecule has 6 nitrogen and oxygen atoms in total. The van der Waals surface area contributed by atoms with Crippen LogP contribution in [-0.2, 0) is 11.3 Å². The zero-order valence-corrected chi connectivity index (χ0v) is 12.1. The van der Waals surface area contributed by atoms with Gasteiger partial charge in [-0.15, -0.1) is 0 Å². The molecule has 0 unspecified atom stereocenters. The SMILES string of the molecule is CNc1cc(-n2nc(C)c(Cl)c2C)nc(COC)n1. The molecular formula is C12H16ClN5O. The number of nitrogens with one attached hydrogen (secondary N) is 1. The fourth-order valence-corrected chi connectivity index (χ4v) is 1.88. The Morgan fingerprint density at radius 3 is 2.63 bits per heavy atom. The van der Waals surface area contributed by atoms with Crippen molar-refractivity contribution in [1.29, 1.82) is 0 Å². The number of hydrogen-bond donors (Lipinski definition) is 1. The molecule has 0 fully saturated rings. The van der Waals surface area contributed by atoms with E-state index in [-0.39, 0.29) is 0 Å². The van der Waals surface area contributed by atoms with Crippen molar-refractivity contribution in [2.45, 2.75) is 20.5 Å². The molecule has 0 aliphatic heterocycles. The Hall–Kier alpha value is -1.66. The average Bonchev–Trinajstić information content (AvgIpc) is 2.66. The number of methoxy groups -OCH3 is 1. The van der Waals surface area contributed by atoms with Crippen molar-refractivity contribution in [3.05, 3.63) is 28.3 Å². The van der Waals surface area contributed by atoms with Gasteiger partial charge in [-0.1, -0.05) is 11.6 Å². The second-order valence-corrected chi connectivity index (χ2v) is 4.49. The second-order valence-electron chi connectivity index (χ2n) is 4.11. The van der Waals surface area contributed by atoms with E-state index in [0.29, 0.717) is 29.1 Å². The topological polar surface area (TPSA) is 64.9 Å². The van der Waals surface area contributed by atoms with Crippen LogP contribution < -0.4 is 5.32 Å². The van der Waals surface area contributed by atoms with Gasteiger partial charge in [0, 0.05) is 20.2 Å². The molecule has 2 rings (SSSR count). The molecule has 0 bridgehead atoms. The molecule has 0 aromatic carbocycles. The van der Waals surface area contributed by atoms with Crippen molar-refractivity contribution in [3.63, 3.8) is 0 Å². The van der Waals surface area contributed by atoms with Gasteiger partial charge in [0.25, 0.3) is 0 Å². The maximum absolute atomic E-state index is 6.16. The Morgan fingerprint density at radius 1 is 1.37 bits per heavy atom. The number of anilines is 1. The first kappa shape index (κ1) is 13.8. The Kier molecular flexibility index (Phi) is 4.01. The minimum atomic E-state index is 0.343. The first-order valence-electron chi connectivity index (χ1n) is 5.83. The molecule has 7 heteroatoms. The zero-order valence-electron chi connectivity index (χ0n) is 11.4. The highest BCUT2D eigenvalue weighted by Crippen LogP contribution is 2.22. The first-order chi connectivity index (χ1) is 9.06. The van der Waals surface area contributed by atoms with Crippen molar-refractivity contribution in [3.8, 4) is 5.82 Å². The Labute approximate surface area is 116 Å². The van der Waals surface area contributed by atoms with Crippen LogP contribution in [0.1, 0.15) is 17.2 Å². The zero-order chi connectivity index (χ0) is 14.0. The van der Waals surface area contributed by atoms with E-state index in [1.54, 1.807) is 18.8 Å². The van der Waals surface area contributed by atoms with Gasteiger partial charge in [-0.2, -0.15) is 5.10 Å². The van der Waals surface area contributed by atoms with Crippen LogP contribution >= 0.6 is 11.6 Å². The van der Waals surface area contributed by atoms with Gasteiger partial charge in [0.1, 0.15) is 12.4 Å². The monoisotopic (exact) mass is 281 g/mol. The van der Waals surface area contributed by atoms with Crippen molar-refractivity contribution in [1.82, 2.24) is 19.7 Å². The van der Waals surface area contributed by atoms with Crippen LogP contribution in [0.5, 0.6) is 0 Å². The lowest BCUT2D eigenvalue weighted by Gasteiger charge is -2.08. The number of rotatable bonds is 4. The standard InChI is InChI=1S/C12H16ClN5O/c1-7-12(13)8(2)18(17-7)11-5-9(14-3)15-10(16-11)6-19-4/h5H,6H2,1-4H3,(H,14,15,16). The number of halogens is 1. The van der Waals surface area contributed by atoms with Crippen molar-refractivity contribution < 1.29 is 4.74 Å². The maximum Gasteiger partial charge on any atom is 0.159 e. The Morgan fingerprint density at radius 2 is 2.11 bits per heavy atom. The van der Waals surface area contributed by atoms with Crippen LogP contribution in [0.3, 0.4) is 0 Å². The molecule has 2 heterocycles. The van der Waals surface area contributed by atoms with E-state index in [1.165, 1.54) is 0 Å². The highest BCUT2D eigenvalue weighted by molar-refractivity contribution is 6.31. The summed E-state index contributed by atoms with van der Waals surface area (Å²) >= 11 is 6.16. The van der Waals surface area contributed by atoms with Crippen LogP contribution in [0, 0.1) is 13.8 Å². The van der Waals surface area contributed by atoms with E-state index in [1.807, 2.05) is 19.9 Å². The lowest BCUT2D eigenvalue weighted by molar-refractivity contribution is 0.178. The van der Waals surface area contributed by atoms with Gasteiger partial charge in [-0.25, -0.2) is 14.6 Å². The number of aromatic nitrogens is 4. The molecule has 102 valence electrons. The molecule has 0 spiro atoms. The molecule has 0 saturated carbocycles. The van der Waals surface area contributed by atoms with Crippen molar-refractivity contribution >= 4 is 17.4 Å². The van der Waals surface area contributed by atoms with Gasteiger partial charge in [0.05, 0.1) is 16.4 Å². The smallest absolute Gasteiger partial charge is 0.159 e. The van der Waals surface area contributed by atoms with Crippen LogP contribution in [0.2, 0.25) is 5.02 Å². The summed E-state index contributed by atoms with van der Waals surface area (Å²) in [5.41, 5.74) is 1.63. The normalized spacial score (nSPS) is 10.8. The molecule has 0 atom stereocenters. The minimum absolute atomic E-state index is 0.343. The molecule has 0 saturated heterocycles. The summed E-state index contributed by atoms with van der Waals surface area (Å²) in [7, 11) is 3.41. The maximum atomic E-state index is 6.16. The molecule has 0 aliphatic carbocycles. The van der Waals surface area contributed by atoms with Gasteiger partial charge in [0.2, 0.25) is 0 Å². The van der Waals surface area contributed by atoms with Gasteiger partial charge in [-0.3, -0.25) is 0 Å². The molecule has 1 N–H and O–H groups in total. The predicted octanol–water partition coefficient (Wildman–Crippen LogP) is 2.12. The van der Waals surface area contributed by atoms with E-state index in [4.69, 9.17) is 16.3 Å². The lowest BCUT2D eigenvalue weighted by atomic mass is 10.4. The third kappa shape index (κ3) is 2.69. The van der Waals surface area contributed by atoms with E-state index in [9.17, 15) is 0 Å². The van der Waals surface area contributed by atoms with Crippen LogP contribution in [-0.4, -0.2) is 33.9 Å². The largest absolute Gasteiger partial charge is 0.377 e. The van der Waals surface area contributed by atoms with Gasteiger partial charge in [0.15, 0.2) is 11.6 Å². The third-order valence-electron chi connectivity index (χ3n) is 2.71. The highest BCUT2D eigenvalue weighted by atomic mass is 35.5. The molecule has 2 aromatic heterocycles. The van der Waals surface area contributed by atoms with Gasteiger partial charge >= 0.3 is 0 Å². The summed E-state index contributed by atoms with van der Waals surface area (Å²) in [6.45, 7) is 4.11. The summed E-state index contributed by atoms with van der Waals surface area (Å²) < 4.78 is 6.78. The Balaban J connectivity index is 2.54. The van der Waals surface area contributed by atoms with Crippen LogP contribution in [0.25, 0.3) is 5.82 Å². The number of aryl methyl sites for hydroxylation is 1. The average molecular weight is 282 g/mol. The lowest BCUT2D eigenvalue weighted by Crippen LogP contribution is -2.08. The summed E-state index contributed by atoms with van der Waals surface area (Å²) in [6, 6.07) is 1.81. The first-order valence-corrected chi connectivity index (χ1v) is 6.21. The molecular weight excluding hydrogens is 266 g/mol. The molecule has 0 aliphatic rings. The van der Waals surface area contributed by atoms with E-state index in [0.717, 1.165) is 11.4 Å². The van der Waals surface area contributed by atoms with Gasteiger partial charge < -0.3 is 10.1 Å². The van der Waals surface area contributed by atoms with E-state index >= 15 is 0 Å². The number of nitrogens with zero attached hydrogens (tertiary/aromatic N) is 4. The molecule has 0 amide bonds. The molecule has 2 aromatic rings. The Bertz CT molecular complexity index is 596. The van der Waals surface area contributed by atoms with E-state index < -0.39 is 0 Å². The fraction of sp³-hybridized carbons (Fsp3) is 0.417. The quantitative estimate of drug-likeness (QED) is 0.930. The van der Waals surface area contributed by atoms with Crippen LogP contribution in [0.4, 0.5) is 5.82 Å². The summed E-state index contributed by atoms with van der Waals surface area (Å²) in [5, 5.41) is 8.03. The summed E-state index contributed by atoms with van der Waals surface area (Å²) in [5.74, 6) is 1.97. The fourth-order valence-electron chi connectivity index (χ4n) is 1.76. The van der Waals surface area contributed by atoms with Gasteiger partial charge in [-0.05, 0) is 13.8 Å². The number of hydrogen-bond acceptors (Lipinski definition) is 5. The second kappa shape index (κ2) is 5.54. The third-order valence-corrected chi connectivity index (χ3v) is 3.26.